The molecule has 28 heavy (non-hydrogen) atoms. The molecule has 1 aliphatic rings. The van der Waals surface area contributed by atoms with E-state index in [2.05, 4.69) is 20.5 Å². The predicted octanol–water partition coefficient (Wildman–Crippen LogP) is 3.23. The quantitative estimate of drug-likeness (QED) is 0.629. The van der Waals surface area contributed by atoms with Gasteiger partial charge in [0.15, 0.2) is 18.5 Å². The monoisotopic (exact) mass is 396 g/mol. The van der Waals surface area contributed by atoms with Gasteiger partial charge in [-0.15, -0.1) is 10.2 Å². The van der Waals surface area contributed by atoms with E-state index in [1.165, 1.54) is 11.8 Å². The number of carboxylic acids is 1. The second-order valence-corrected chi connectivity index (χ2v) is 6.66. The van der Waals surface area contributed by atoms with Gasteiger partial charge in [-0.1, -0.05) is 30.0 Å². The molecule has 0 amide bonds. The van der Waals surface area contributed by atoms with Gasteiger partial charge in [-0.25, -0.2) is 4.79 Å². The molecule has 0 radical (unpaired) electrons. The average molecular weight is 396 g/mol. The van der Waals surface area contributed by atoms with E-state index in [0.717, 1.165) is 16.8 Å². The fourth-order valence-electron chi connectivity index (χ4n) is 2.77. The Hall–Kier alpha value is -3.33. The molecule has 0 aliphatic carbocycles. The number of thioether (sulfide) groups is 1. The lowest BCUT2D eigenvalue weighted by atomic mass is 10.1. The molecule has 1 aromatic heterocycles. The fourth-order valence-corrected chi connectivity index (χ4v) is 3.07. The summed E-state index contributed by atoms with van der Waals surface area (Å²) >= 11 is 1.39. The molecule has 2 heterocycles. The van der Waals surface area contributed by atoms with Crippen LogP contribution in [-0.2, 0) is 4.79 Å². The van der Waals surface area contributed by atoms with E-state index in [-0.39, 0.29) is 0 Å². The highest BCUT2D eigenvalue weighted by Crippen LogP contribution is 2.39. The number of nitrogens with zero attached hydrogens (tertiary/aromatic N) is 3. The zero-order valence-electron chi connectivity index (χ0n) is 14.8. The number of rotatable bonds is 5. The Morgan fingerprint density at radius 2 is 2.00 bits per heavy atom. The molecule has 0 unspecified atom stereocenters. The van der Waals surface area contributed by atoms with Gasteiger partial charge < -0.3 is 19.9 Å². The number of anilines is 1. The summed E-state index contributed by atoms with van der Waals surface area (Å²) in [4.78, 5) is 15.1. The van der Waals surface area contributed by atoms with E-state index in [1.54, 1.807) is 12.1 Å². The summed E-state index contributed by atoms with van der Waals surface area (Å²) in [6, 6.07) is 14.7. The maximum absolute atomic E-state index is 10.6. The minimum atomic E-state index is -1.03. The van der Waals surface area contributed by atoms with Gasteiger partial charge in [-0.05, 0) is 36.6 Å². The van der Waals surface area contributed by atoms with Gasteiger partial charge in [0.2, 0.25) is 11.0 Å². The zero-order valence-corrected chi connectivity index (χ0v) is 15.6. The summed E-state index contributed by atoms with van der Waals surface area (Å²) in [7, 11) is 0. The van der Waals surface area contributed by atoms with Crippen LogP contribution in [0.2, 0.25) is 0 Å². The van der Waals surface area contributed by atoms with Gasteiger partial charge in [0.05, 0.1) is 0 Å². The van der Waals surface area contributed by atoms with Gasteiger partial charge in [-0.3, -0.25) is 0 Å². The lowest BCUT2D eigenvalue weighted by molar-refractivity contribution is -0.139. The van der Waals surface area contributed by atoms with Crippen molar-refractivity contribution in [3.63, 3.8) is 0 Å². The van der Waals surface area contributed by atoms with E-state index in [1.807, 2.05) is 42.7 Å². The van der Waals surface area contributed by atoms with Crippen LogP contribution >= 0.6 is 11.8 Å². The summed E-state index contributed by atoms with van der Waals surface area (Å²) in [5.41, 5.74) is 3.11. The van der Waals surface area contributed by atoms with Crippen molar-refractivity contribution in [2.75, 3.05) is 18.2 Å². The number of hydrogen-bond acceptors (Lipinski definition) is 8. The Kier molecular flexibility index (Phi) is 4.98. The van der Waals surface area contributed by atoms with Crippen molar-refractivity contribution in [1.82, 2.24) is 15.2 Å². The Bertz CT molecular complexity index is 1010. The molecular formula is C19H16N4O4S. The van der Waals surface area contributed by atoms with E-state index < -0.39 is 18.8 Å². The predicted molar refractivity (Wildman–Crippen MR) is 104 cm³/mol. The summed E-state index contributed by atoms with van der Waals surface area (Å²) in [5, 5.41) is 21.0. The number of carboxylic acid groups (broad SMARTS) is 1. The van der Waals surface area contributed by atoms with Crippen LogP contribution in [0, 0.1) is 0 Å². The lowest BCUT2D eigenvalue weighted by Gasteiger charge is -2.19. The maximum Gasteiger partial charge on any atom is 0.341 e. The van der Waals surface area contributed by atoms with Crippen molar-refractivity contribution in [2.24, 2.45) is 0 Å². The van der Waals surface area contributed by atoms with Crippen LogP contribution in [-0.4, -0.2) is 39.1 Å². The molecule has 1 atom stereocenters. The Morgan fingerprint density at radius 3 is 2.75 bits per heavy atom. The third-order valence-electron chi connectivity index (χ3n) is 4.06. The molecule has 1 aliphatic heterocycles. The number of aromatic nitrogens is 3. The Balaban J connectivity index is 1.68. The summed E-state index contributed by atoms with van der Waals surface area (Å²) < 4.78 is 11.3. The van der Waals surface area contributed by atoms with Gasteiger partial charge >= 0.3 is 5.97 Å². The number of carbonyl (C=O) groups is 1. The van der Waals surface area contributed by atoms with Crippen molar-refractivity contribution in [2.45, 2.75) is 11.4 Å². The van der Waals surface area contributed by atoms with Crippen molar-refractivity contribution < 1.29 is 19.4 Å². The Morgan fingerprint density at radius 1 is 1.21 bits per heavy atom. The lowest BCUT2D eigenvalue weighted by Crippen LogP contribution is -2.17. The van der Waals surface area contributed by atoms with Crippen molar-refractivity contribution in [3.8, 4) is 22.9 Å². The average Bonchev–Trinajstić information content (AvgIpc) is 2.89. The van der Waals surface area contributed by atoms with Crippen LogP contribution in [0.1, 0.15) is 11.8 Å². The topological polar surface area (TPSA) is 106 Å². The highest BCUT2D eigenvalue weighted by atomic mass is 32.2. The molecule has 2 N–H and O–H groups in total. The molecule has 0 saturated carbocycles. The molecule has 4 rings (SSSR count). The van der Waals surface area contributed by atoms with Crippen molar-refractivity contribution >= 4 is 23.4 Å². The summed E-state index contributed by atoms with van der Waals surface area (Å²) in [5.74, 6) is -0.162. The largest absolute Gasteiger partial charge is 0.482 e. The molecule has 0 spiro atoms. The van der Waals surface area contributed by atoms with Crippen LogP contribution in [0.25, 0.3) is 11.3 Å². The number of ether oxygens (including phenoxy) is 2. The number of nitrogens with one attached hydrogen (secondary N) is 1. The molecule has 142 valence electrons. The first kappa shape index (κ1) is 18.1. The molecule has 8 nitrogen and oxygen atoms in total. The number of benzene rings is 2. The zero-order chi connectivity index (χ0) is 19.5. The SMILES string of the molecule is CSc1nnc2c(n1)O[C@H](c1ccc(OCC(=O)O)cc1)Nc1ccccc1-2. The highest BCUT2D eigenvalue weighted by Gasteiger charge is 2.25. The third kappa shape index (κ3) is 3.70. The van der Waals surface area contributed by atoms with Crippen LogP contribution in [0.3, 0.4) is 0 Å². The summed E-state index contributed by atoms with van der Waals surface area (Å²) in [6.45, 7) is -0.391. The molecule has 9 heteroatoms. The van der Waals surface area contributed by atoms with Crippen molar-refractivity contribution in [1.29, 1.82) is 0 Å². The van der Waals surface area contributed by atoms with E-state index in [4.69, 9.17) is 14.6 Å². The van der Waals surface area contributed by atoms with Gasteiger partial charge in [0, 0.05) is 16.8 Å². The second kappa shape index (κ2) is 7.73. The number of fused-ring (bicyclic) bond motifs is 3. The van der Waals surface area contributed by atoms with E-state index in [9.17, 15) is 4.79 Å². The standard InChI is InChI=1S/C19H16N4O4S/c1-28-19-21-18-16(22-23-19)13-4-2-3-5-14(13)20-17(27-18)11-6-8-12(9-7-11)26-10-15(24)25/h2-9,17,20H,10H2,1H3,(H,24,25)/t17-/m1/s1. The molecule has 3 aromatic rings. The number of hydrogen-bond donors (Lipinski definition) is 2. The van der Waals surface area contributed by atoms with Crippen LogP contribution < -0.4 is 14.8 Å². The van der Waals surface area contributed by atoms with Crippen molar-refractivity contribution in [3.05, 3.63) is 54.1 Å². The first-order valence-electron chi connectivity index (χ1n) is 8.40. The van der Waals surface area contributed by atoms with Crippen LogP contribution in [0.4, 0.5) is 5.69 Å². The Labute approximate surface area is 164 Å². The minimum absolute atomic E-state index is 0.391. The van der Waals surface area contributed by atoms with Crippen LogP contribution in [0.5, 0.6) is 11.6 Å². The highest BCUT2D eigenvalue weighted by molar-refractivity contribution is 7.98. The molecule has 0 bridgehead atoms. The normalized spacial score (nSPS) is 14.7. The molecule has 0 fully saturated rings. The fraction of sp³-hybridized carbons (Fsp3) is 0.158. The van der Waals surface area contributed by atoms with E-state index >= 15 is 0 Å². The molecule has 0 saturated heterocycles. The maximum atomic E-state index is 10.6. The van der Waals surface area contributed by atoms with Crippen LogP contribution in [0.15, 0.2) is 53.7 Å². The first-order valence-corrected chi connectivity index (χ1v) is 9.62. The molecular weight excluding hydrogens is 380 g/mol. The van der Waals surface area contributed by atoms with Gasteiger partial charge in [-0.2, -0.15) is 4.98 Å². The smallest absolute Gasteiger partial charge is 0.341 e. The number of para-hydroxylation sites is 1. The minimum Gasteiger partial charge on any atom is -0.482 e. The van der Waals surface area contributed by atoms with Gasteiger partial charge in [0.25, 0.3) is 0 Å². The van der Waals surface area contributed by atoms with E-state index in [0.29, 0.717) is 22.5 Å². The third-order valence-corrected chi connectivity index (χ3v) is 4.60. The summed E-state index contributed by atoms with van der Waals surface area (Å²) in [6.07, 6.45) is 1.36. The second-order valence-electron chi connectivity index (χ2n) is 5.89. The van der Waals surface area contributed by atoms with Gasteiger partial charge in [0.1, 0.15) is 5.75 Å². The first-order chi connectivity index (χ1) is 13.6. The molecule has 2 aromatic carbocycles. The number of aliphatic carboxylic acids is 1.